The number of anilines is 1. The third-order valence-electron chi connectivity index (χ3n) is 1.78. The lowest BCUT2D eigenvalue weighted by Gasteiger charge is -2.07. The highest BCUT2D eigenvalue weighted by molar-refractivity contribution is 5.30. The molecule has 0 spiro atoms. The van der Waals surface area contributed by atoms with E-state index in [9.17, 15) is 0 Å². The molecule has 0 aliphatic heterocycles. The van der Waals surface area contributed by atoms with Crippen LogP contribution in [0.3, 0.4) is 0 Å². The van der Waals surface area contributed by atoms with Gasteiger partial charge in [-0.05, 0) is 20.9 Å². The largest absolute Gasteiger partial charge is 0.478 e. The van der Waals surface area contributed by atoms with E-state index in [1.165, 1.54) is 0 Å². The van der Waals surface area contributed by atoms with E-state index in [4.69, 9.17) is 4.74 Å². The fraction of sp³-hybridized carbons (Fsp3) is 0.600. The van der Waals surface area contributed by atoms with Gasteiger partial charge in [-0.2, -0.15) is 4.98 Å². The first-order valence-electron chi connectivity index (χ1n) is 5.13. The van der Waals surface area contributed by atoms with Crippen molar-refractivity contribution in [1.82, 2.24) is 15.3 Å². The zero-order valence-electron chi connectivity index (χ0n) is 9.50. The van der Waals surface area contributed by atoms with Crippen LogP contribution in [-0.4, -0.2) is 36.7 Å². The van der Waals surface area contributed by atoms with Gasteiger partial charge in [-0.1, -0.05) is 0 Å². The van der Waals surface area contributed by atoms with E-state index in [1.807, 2.05) is 27.0 Å². The fourth-order valence-electron chi connectivity index (χ4n) is 1.14. The molecule has 5 nitrogen and oxygen atoms in total. The Hall–Kier alpha value is -1.36. The lowest BCUT2D eigenvalue weighted by Crippen LogP contribution is -2.19. The standard InChI is InChI=1S/C10H18N4O/c1-4-15-9-7-8(2)13-10(14-9)12-6-5-11-3/h7,11H,4-6H2,1-3H3,(H,12,13,14). The number of rotatable bonds is 6. The molecule has 0 saturated carbocycles. The molecule has 1 heterocycles. The molecule has 0 aliphatic rings. The summed E-state index contributed by atoms with van der Waals surface area (Å²) in [6.45, 7) is 6.15. The van der Waals surface area contributed by atoms with Gasteiger partial charge in [0.25, 0.3) is 0 Å². The summed E-state index contributed by atoms with van der Waals surface area (Å²) >= 11 is 0. The maximum Gasteiger partial charge on any atom is 0.226 e. The number of nitrogens with one attached hydrogen (secondary N) is 2. The first-order valence-corrected chi connectivity index (χ1v) is 5.13. The van der Waals surface area contributed by atoms with Crippen molar-refractivity contribution in [3.05, 3.63) is 11.8 Å². The molecule has 84 valence electrons. The summed E-state index contributed by atoms with van der Waals surface area (Å²) in [5.41, 5.74) is 0.903. The Bertz CT molecular complexity index is 303. The lowest BCUT2D eigenvalue weighted by atomic mass is 10.4. The van der Waals surface area contributed by atoms with Crippen LogP contribution < -0.4 is 15.4 Å². The first kappa shape index (κ1) is 11.7. The Morgan fingerprint density at radius 3 is 2.80 bits per heavy atom. The third kappa shape index (κ3) is 4.12. The Labute approximate surface area is 90.3 Å². The van der Waals surface area contributed by atoms with Crippen molar-refractivity contribution in [1.29, 1.82) is 0 Å². The van der Waals surface area contributed by atoms with Crippen LogP contribution in [0.1, 0.15) is 12.6 Å². The highest BCUT2D eigenvalue weighted by Crippen LogP contribution is 2.11. The topological polar surface area (TPSA) is 59.1 Å². The lowest BCUT2D eigenvalue weighted by molar-refractivity contribution is 0.326. The minimum atomic E-state index is 0.617. The molecule has 0 fully saturated rings. The molecule has 0 saturated heterocycles. The Balaban J connectivity index is 2.62. The van der Waals surface area contributed by atoms with Crippen LogP contribution >= 0.6 is 0 Å². The molecule has 0 unspecified atom stereocenters. The molecule has 0 aliphatic carbocycles. The van der Waals surface area contributed by atoms with Crippen molar-refractivity contribution in [3.63, 3.8) is 0 Å². The van der Waals surface area contributed by atoms with E-state index in [0.29, 0.717) is 18.4 Å². The molecule has 5 heteroatoms. The maximum absolute atomic E-state index is 5.33. The van der Waals surface area contributed by atoms with Crippen LogP contribution in [-0.2, 0) is 0 Å². The molecule has 0 radical (unpaired) electrons. The fourth-order valence-corrected chi connectivity index (χ4v) is 1.14. The van der Waals surface area contributed by atoms with Gasteiger partial charge in [0.15, 0.2) is 0 Å². The minimum absolute atomic E-state index is 0.617. The van der Waals surface area contributed by atoms with Crippen molar-refractivity contribution in [2.75, 3.05) is 32.1 Å². The first-order chi connectivity index (χ1) is 7.26. The number of hydrogen-bond acceptors (Lipinski definition) is 5. The van der Waals surface area contributed by atoms with Crippen LogP contribution in [0.4, 0.5) is 5.95 Å². The van der Waals surface area contributed by atoms with E-state index in [-0.39, 0.29) is 0 Å². The summed E-state index contributed by atoms with van der Waals surface area (Å²) in [6, 6.07) is 1.83. The monoisotopic (exact) mass is 210 g/mol. The van der Waals surface area contributed by atoms with Gasteiger partial charge in [-0.3, -0.25) is 0 Å². The van der Waals surface area contributed by atoms with E-state index in [0.717, 1.165) is 18.8 Å². The molecule has 0 bridgehead atoms. The molecular formula is C10H18N4O. The van der Waals surface area contributed by atoms with Gasteiger partial charge in [-0.25, -0.2) is 4.98 Å². The van der Waals surface area contributed by atoms with Gasteiger partial charge in [0.2, 0.25) is 11.8 Å². The van der Waals surface area contributed by atoms with Gasteiger partial charge in [0.1, 0.15) is 0 Å². The second-order valence-electron chi connectivity index (χ2n) is 3.13. The molecule has 1 aromatic rings. The maximum atomic E-state index is 5.33. The predicted octanol–water partition coefficient (Wildman–Crippen LogP) is 0.815. The van der Waals surface area contributed by atoms with Crippen molar-refractivity contribution in [2.24, 2.45) is 0 Å². The van der Waals surface area contributed by atoms with Gasteiger partial charge in [-0.15, -0.1) is 0 Å². The van der Waals surface area contributed by atoms with Crippen molar-refractivity contribution in [3.8, 4) is 5.88 Å². The summed E-state index contributed by atoms with van der Waals surface area (Å²) in [5.74, 6) is 1.24. The van der Waals surface area contributed by atoms with Crippen LogP contribution in [0, 0.1) is 6.92 Å². The van der Waals surface area contributed by atoms with E-state index in [2.05, 4.69) is 20.6 Å². The van der Waals surface area contributed by atoms with Gasteiger partial charge < -0.3 is 15.4 Å². The average molecular weight is 210 g/mol. The Kier molecular flexibility index (Phi) is 4.83. The quantitative estimate of drug-likeness (QED) is 0.681. The SMILES string of the molecule is CCOc1cc(C)nc(NCCNC)n1. The molecule has 0 atom stereocenters. The summed E-state index contributed by atoms with van der Waals surface area (Å²) in [4.78, 5) is 8.48. The smallest absolute Gasteiger partial charge is 0.226 e. The van der Waals surface area contributed by atoms with Gasteiger partial charge in [0, 0.05) is 24.8 Å². The summed E-state index contributed by atoms with van der Waals surface area (Å²) in [5, 5.41) is 6.16. The van der Waals surface area contributed by atoms with E-state index >= 15 is 0 Å². The molecular weight excluding hydrogens is 192 g/mol. The molecule has 0 aromatic carbocycles. The number of aryl methyl sites for hydroxylation is 1. The molecule has 1 aromatic heterocycles. The van der Waals surface area contributed by atoms with Crippen molar-refractivity contribution >= 4 is 5.95 Å². The number of ether oxygens (including phenoxy) is 1. The summed E-state index contributed by atoms with van der Waals surface area (Å²) in [6.07, 6.45) is 0. The van der Waals surface area contributed by atoms with Crippen LogP contribution in [0.2, 0.25) is 0 Å². The minimum Gasteiger partial charge on any atom is -0.478 e. The zero-order chi connectivity index (χ0) is 11.1. The predicted molar refractivity (Wildman–Crippen MR) is 60.4 cm³/mol. The van der Waals surface area contributed by atoms with Crippen LogP contribution in [0.25, 0.3) is 0 Å². The van der Waals surface area contributed by atoms with Crippen LogP contribution in [0.5, 0.6) is 5.88 Å². The normalized spacial score (nSPS) is 10.1. The Morgan fingerprint density at radius 2 is 2.13 bits per heavy atom. The Morgan fingerprint density at radius 1 is 1.33 bits per heavy atom. The van der Waals surface area contributed by atoms with E-state index in [1.54, 1.807) is 0 Å². The number of aromatic nitrogens is 2. The zero-order valence-corrected chi connectivity index (χ0v) is 9.50. The second kappa shape index (κ2) is 6.19. The van der Waals surface area contributed by atoms with Crippen molar-refractivity contribution < 1.29 is 4.74 Å². The highest BCUT2D eigenvalue weighted by Gasteiger charge is 2.01. The second-order valence-corrected chi connectivity index (χ2v) is 3.13. The van der Waals surface area contributed by atoms with Crippen molar-refractivity contribution in [2.45, 2.75) is 13.8 Å². The van der Waals surface area contributed by atoms with Gasteiger partial charge in [0.05, 0.1) is 6.61 Å². The van der Waals surface area contributed by atoms with Crippen LogP contribution in [0.15, 0.2) is 6.07 Å². The molecule has 2 N–H and O–H groups in total. The van der Waals surface area contributed by atoms with Gasteiger partial charge >= 0.3 is 0 Å². The molecule has 15 heavy (non-hydrogen) atoms. The highest BCUT2D eigenvalue weighted by atomic mass is 16.5. The average Bonchev–Trinajstić information content (AvgIpc) is 2.18. The summed E-state index contributed by atoms with van der Waals surface area (Å²) in [7, 11) is 1.91. The third-order valence-corrected chi connectivity index (χ3v) is 1.78. The molecule has 1 rings (SSSR count). The molecule has 0 amide bonds. The van der Waals surface area contributed by atoms with E-state index < -0.39 is 0 Å². The summed E-state index contributed by atoms with van der Waals surface area (Å²) < 4.78 is 5.33. The number of likely N-dealkylation sites (N-methyl/N-ethyl adjacent to an activating group) is 1. The number of hydrogen-bond donors (Lipinski definition) is 2. The number of nitrogens with zero attached hydrogens (tertiary/aromatic N) is 2.